The Hall–Kier alpha value is -8.24. The average molecular weight is 1140 g/mol. The van der Waals surface area contributed by atoms with Gasteiger partial charge >= 0.3 is 6.03 Å². The number of unbranched alkanes of at least 4 members (excludes halogenated alkanes) is 7. The summed E-state index contributed by atoms with van der Waals surface area (Å²) >= 11 is 6.58. The van der Waals surface area contributed by atoms with Crippen molar-refractivity contribution >= 4 is 81.1 Å². The molecule has 0 radical (unpaired) electrons. The SMILES string of the molecule is CNC[C@@H](NC(=O)N1Cc2c(NC(=O)c3ccc(NC(=O)CCCCCCCCCCNC(=O)C4CCN(c5ncc(Cl)c(Nc6cc(OC)c7c(c6)cc(OCC(=O)NC)c(=O)n7C)n5)CC4)cc3)n[nH]c2C1(C)C)c1ccccc1. The second kappa shape index (κ2) is 28.0. The van der Waals surface area contributed by atoms with E-state index in [1.807, 2.05) is 56.1 Å². The molecule has 0 aliphatic carbocycles. The number of piperidine rings is 1. The number of hydrogen-bond acceptors (Lipinski definition) is 14. The summed E-state index contributed by atoms with van der Waals surface area (Å²) in [4.78, 5) is 90.8. The molecule has 22 nitrogen and oxygen atoms in total. The summed E-state index contributed by atoms with van der Waals surface area (Å²) in [5, 5.41) is 29.4. The Morgan fingerprint density at radius 3 is 2.24 bits per heavy atom. The number of aromatic amines is 1. The minimum atomic E-state index is -0.703. The quantitative estimate of drug-likeness (QED) is 0.0239. The Bertz CT molecular complexity index is 3270. The highest BCUT2D eigenvalue weighted by Crippen LogP contribution is 2.41. The van der Waals surface area contributed by atoms with Crippen molar-refractivity contribution in [3.8, 4) is 11.5 Å². The summed E-state index contributed by atoms with van der Waals surface area (Å²) in [5.74, 6) is 0.839. The fraction of sp³-hybridized carbons (Fsp3) is 0.441. The van der Waals surface area contributed by atoms with Crippen molar-refractivity contribution in [2.75, 3.05) is 74.8 Å². The molecule has 6 amide bonds. The standard InChI is InChI=1S/C59H75ClN14O8/c1-59(2)51-43(35-74(59)58(80)67-45(34-61-3)37-18-14-13-15-19-37)52(71-70-51)68-55(78)38-21-23-41(24-22-38)65-48(75)20-16-11-9-7-8-10-12-17-27-63-54(77)39-25-28-73(29-26-39)57-64-33-44(60)53(69-57)66-42-30-40-31-47(82-36-49(76)62-4)56(79)72(5)50(40)46(32-42)81-6/h13-15,18-19,21-24,30-33,39,45,61H,7-12,16-17,20,25-29,34-36H2,1-6H3,(H,62,76)(H,63,77)(H,65,75)(H,67,80)(H,64,66,69)(H2,68,70,71,78)/t45-/m1/s1. The number of aryl methyl sites for hydroxylation is 1. The lowest BCUT2D eigenvalue weighted by molar-refractivity contribution is -0.125. The normalized spacial score (nSPS) is 14.2. The zero-order chi connectivity index (χ0) is 58.3. The van der Waals surface area contributed by atoms with Crippen LogP contribution in [0.4, 0.5) is 33.8 Å². The number of halogens is 1. The lowest BCUT2D eigenvalue weighted by Crippen LogP contribution is -2.48. The van der Waals surface area contributed by atoms with Crippen LogP contribution in [0.3, 0.4) is 0 Å². The highest BCUT2D eigenvalue weighted by atomic mass is 35.5. The minimum Gasteiger partial charge on any atom is -0.494 e. The van der Waals surface area contributed by atoms with Gasteiger partial charge in [-0.25, -0.2) is 9.78 Å². The van der Waals surface area contributed by atoms with E-state index in [9.17, 15) is 28.8 Å². The average Bonchev–Trinajstić information content (AvgIpc) is 3.80. The van der Waals surface area contributed by atoms with Crippen LogP contribution in [0.5, 0.6) is 11.5 Å². The number of amides is 6. The van der Waals surface area contributed by atoms with Gasteiger partial charge < -0.3 is 61.1 Å². The second-order valence-corrected chi connectivity index (χ2v) is 21.6. The lowest BCUT2D eigenvalue weighted by atomic mass is 9.96. The molecule has 0 spiro atoms. The largest absolute Gasteiger partial charge is 0.494 e. The second-order valence-electron chi connectivity index (χ2n) is 21.2. The number of nitrogens with one attached hydrogen (secondary N) is 8. The topological polar surface area (TPSA) is 271 Å². The van der Waals surface area contributed by atoms with Gasteiger partial charge in [-0.3, -0.25) is 29.1 Å². The van der Waals surface area contributed by atoms with Crippen LogP contribution in [0.25, 0.3) is 10.9 Å². The summed E-state index contributed by atoms with van der Waals surface area (Å²) in [6.07, 6.45) is 11.3. The van der Waals surface area contributed by atoms with Crippen LogP contribution in [0.1, 0.15) is 118 Å². The Kier molecular flexibility index (Phi) is 20.4. The van der Waals surface area contributed by atoms with Crippen molar-refractivity contribution in [2.45, 2.75) is 103 Å². The first-order valence-corrected chi connectivity index (χ1v) is 28.4. The molecule has 1 saturated heterocycles. The van der Waals surface area contributed by atoms with Crippen LogP contribution in [0.2, 0.25) is 5.02 Å². The van der Waals surface area contributed by atoms with E-state index < -0.39 is 11.1 Å². The van der Waals surface area contributed by atoms with E-state index >= 15 is 0 Å². The number of pyridine rings is 1. The molecule has 8 N–H and O–H groups in total. The molecule has 23 heteroatoms. The van der Waals surface area contributed by atoms with Crippen molar-refractivity contribution in [1.82, 2.24) is 50.9 Å². The Morgan fingerprint density at radius 1 is 0.841 bits per heavy atom. The number of H-pyrrole nitrogens is 1. The summed E-state index contributed by atoms with van der Waals surface area (Å²) in [6.45, 7) is 6.25. The van der Waals surface area contributed by atoms with Crippen molar-refractivity contribution in [2.24, 2.45) is 13.0 Å². The van der Waals surface area contributed by atoms with E-state index in [4.69, 9.17) is 26.1 Å². The van der Waals surface area contributed by atoms with Crippen LogP contribution in [0.15, 0.2) is 83.8 Å². The first-order valence-electron chi connectivity index (χ1n) is 28.0. The van der Waals surface area contributed by atoms with E-state index in [1.165, 1.54) is 24.9 Å². The summed E-state index contributed by atoms with van der Waals surface area (Å²) < 4.78 is 12.6. The monoisotopic (exact) mass is 1140 g/mol. The van der Waals surface area contributed by atoms with Gasteiger partial charge in [0.2, 0.25) is 17.8 Å². The molecule has 0 saturated carbocycles. The van der Waals surface area contributed by atoms with Gasteiger partial charge in [0.05, 0.1) is 42.6 Å². The third-order valence-corrected chi connectivity index (χ3v) is 15.4. The number of aromatic nitrogens is 5. The van der Waals surface area contributed by atoms with E-state index in [-0.39, 0.29) is 60.5 Å². The van der Waals surface area contributed by atoms with Gasteiger partial charge in [0.15, 0.2) is 24.0 Å². The molecule has 0 bridgehead atoms. The number of benzene rings is 3. The number of fused-ring (bicyclic) bond motifs is 2. The van der Waals surface area contributed by atoms with Gasteiger partial charge in [-0.05, 0) is 88.5 Å². The summed E-state index contributed by atoms with van der Waals surface area (Å²) in [7, 11) is 6.45. The molecule has 5 heterocycles. The fourth-order valence-electron chi connectivity index (χ4n) is 10.4. The van der Waals surface area contributed by atoms with Gasteiger partial charge in [0.1, 0.15) is 10.8 Å². The molecular formula is C59H75ClN14O8. The molecule has 1 fully saturated rings. The first kappa shape index (κ1) is 59.9. The molecule has 6 aromatic rings. The Morgan fingerprint density at radius 2 is 1.55 bits per heavy atom. The zero-order valence-corrected chi connectivity index (χ0v) is 48.3. The molecule has 0 unspecified atom stereocenters. The number of nitrogens with zero attached hydrogens (tertiary/aromatic N) is 6. The third-order valence-electron chi connectivity index (χ3n) is 15.2. The van der Waals surface area contributed by atoms with Gasteiger partial charge in [-0.2, -0.15) is 10.1 Å². The molecule has 2 aliphatic rings. The maximum Gasteiger partial charge on any atom is 0.319 e. The highest BCUT2D eigenvalue weighted by Gasteiger charge is 2.44. The molecular weight excluding hydrogens is 1070 g/mol. The number of ether oxygens (including phenoxy) is 2. The number of hydrogen-bond donors (Lipinski definition) is 8. The molecule has 8 rings (SSSR count). The minimum absolute atomic E-state index is 0.0152. The van der Waals surface area contributed by atoms with Crippen molar-refractivity contribution in [3.05, 3.63) is 117 Å². The lowest BCUT2D eigenvalue weighted by Gasteiger charge is -2.33. The summed E-state index contributed by atoms with van der Waals surface area (Å²) in [5.41, 5.74) is 3.51. The van der Waals surface area contributed by atoms with E-state index in [0.717, 1.165) is 68.2 Å². The van der Waals surface area contributed by atoms with E-state index in [0.29, 0.717) is 102 Å². The molecule has 3 aromatic heterocycles. The number of carbonyl (C=O) groups is 5. The molecule has 2 aliphatic heterocycles. The van der Waals surface area contributed by atoms with Gasteiger partial charge in [0, 0.05) is 86.6 Å². The summed E-state index contributed by atoms with van der Waals surface area (Å²) in [6, 6.07) is 21.2. The van der Waals surface area contributed by atoms with Crippen LogP contribution in [0, 0.1) is 5.92 Å². The molecule has 3 aromatic carbocycles. The Labute approximate surface area is 482 Å². The van der Waals surface area contributed by atoms with Crippen molar-refractivity contribution in [1.29, 1.82) is 0 Å². The highest BCUT2D eigenvalue weighted by molar-refractivity contribution is 6.33. The van der Waals surface area contributed by atoms with Crippen molar-refractivity contribution in [3.63, 3.8) is 0 Å². The van der Waals surface area contributed by atoms with Crippen LogP contribution < -0.4 is 57.2 Å². The van der Waals surface area contributed by atoms with Crippen molar-refractivity contribution < 1.29 is 33.4 Å². The number of methoxy groups -OCH3 is 1. The van der Waals surface area contributed by atoms with E-state index in [1.54, 1.807) is 54.4 Å². The molecule has 436 valence electrons. The molecule has 82 heavy (non-hydrogen) atoms. The number of likely N-dealkylation sites (N-methyl/N-ethyl adjacent to an activating group) is 2. The van der Waals surface area contributed by atoms with Crippen LogP contribution in [-0.4, -0.2) is 113 Å². The van der Waals surface area contributed by atoms with E-state index in [2.05, 4.69) is 52.4 Å². The maximum absolute atomic E-state index is 13.7. The number of rotatable bonds is 26. The maximum atomic E-state index is 13.7. The first-order chi connectivity index (χ1) is 39.6. The van der Waals surface area contributed by atoms with Gasteiger partial charge in [-0.1, -0.05) is 80.5 Å². The third kappa shape index (κ3) is 14.8. The van der Waals surface area contributed by atoms with Gasteiger partial charge in [-0.15, -0.1) is 0 Å². The Balaban J connectivity index is 0.677. The van der Waals surface area contributed by atoms with Gasteiger partial charge in [0.25, 0.3) is 17.4 Å². The predicted molar refractivity (Wildman–Crippen MR) is 317 cm³/mol. The smallest absolute Gasteiger partial charge is 0.319 e. The van der Waals surface area contributed by atoms with Crippen LogP contribution in [-0.2, 0) is 33.5 Å². The number of urea groups is 1. The molecule has 1 atom stereocenters. The predicted octanol–water partition coefficient (Wildman–Crippen LogP) is 8.04. The van der Waals surface area contributed by atoms with Crippen LogP contribution >= 0.6 is 11.6 Å². The fourth-order valence-corrected chi connectivity index (χ4v) is 10.6. The zero-order valence-electron chi connectivity index (χ0n) is 47.5. The number of carbonyl (C=O) groups excluding carboxylic acids is 5. The number of anilines is 5.